The third-order valence-electron chi connectivity index (χ3n) is 12.3. The highest BCUT2D eigenvalue weighted by molar-refractivity contribution is 6.44. The number of benzene rings is 10. The minimum absolute atomic E-state index is 0.575. The van der Waals surface area contributed by atoms with E-state index in [-0.39, 0.29) is 0 Å². The number of nitrogens with zero attached hydrogens (tertiary/aromatic N) is 5. The Labute approximate surface area is 344 Å². The van der Waals surface area contributed by atoms with E-state index in [1.807, 2.05) is 18.2 Å². The van der Waals surface area contributed by atoms with E-state index in [9.17, 15) is 0 Å². The highest BCUT2D eigenvalue weighted by Crippen LogP contribution is 2.50. The highest BCUT2D eigenvalue weighted by atomic mass is 15.2. The summed E-state index contributed by atoms with van der Waals surface area (Å²) in [5, 5.41) is 14.2. The van der Waals surface area contributed by atoms with E-state index in [4.69, 9.17) is 15.0 Å². The molecule has 0 aliphatic heterocycles. The lowest BCUT2D eigenvalue weighted by Crippen LogP contribution is -2.07. The minimum Gasteiger partial charge on any atom is -0.309 e. The van der Waals surface area contributed by atoms with Crippen molar-refractivity contribution in [2.24, 2.45) is 0 Å². The van der Waals surface area contributed by atoms with E-state index in [2.05, 4.69) is 191 Å². The van der Waals surface area contributed by atoms with Crippen molar-refractivity contribution >= 4 is 86.7 Å². The molecule has 13 rings (SSSR count). The highest BCUT2D eigenvalue weighted by Gasteiger charge is 2.27. The van der Waals surface area contributed by atoms with Crippen molar-refractivity contribution in [1.82, 2.24) is 24.1 Å². The minimum atomic E-state index is 0.575. The Morgan fingerprint density at radius 1 is 0.300 bits per heavy atom. The summed E-state index contributed by atoms with van der Waals surface area (Å²) in [6, 6.07) is 71.3. The average Bonchev–Trinajstić information content (AvgIpc) is 3.86. The van der Waals surface area contributed by atoms with Gasteiger partial charge in [0.15, 0.2) is 11.6 Å². The molecule has 3 heterocycles. The molecule has 0 aliphatic carbocycles. The molecule has 0 saturated carbocycles. The zero-order chi connectivity index (χ0) is 39.3. The van der Waals surface area contributed by atoms with Gasteiger partial charge in [-0.1, -0.05) is 170 Å². The zero-order valence-corrected chi connectivity index (χ0v) is 32.3. The van der Waals surface area contributed by atoms with Crippen LogP contribution in [0.1, 0.15) is 0 Å². The van der Waals surface area contributed by atoms with Gasteiger partial charge in [-0.2, -0.15) is 9.97 Å². The van der Waals surface area contributed by atoms with Crippen LogP contribution in [0, 0.1) is 0 Å². The third-order valence-corrected chi connectivity index (χ3v) is 12.3. The van der Waals surface area contributed by atoms with Crippen LogP contribution in [-0.2, 0) is 0 Å². The van der Waals surface area contributed by atoms with Crippen LogP contribution in [0.4, 0.5) is 0 Å². The molecule has 0 amide bonds. The molecule has 3 aromatic heterocycles. The first kappa shape index (κ1) is 32.9. The maximum absolute atomic E-state index is 5.44. The molecule has 13 aromatic rings. The van der Waals surface area contributed by atoms with E-state index >= 15 is 0 Å². The lowest BCUT2D eigenvalue weighted by atomic mass is 9.90. The van der Waals surface area contributed by atoms with Gasteiger partial charge in [-0.3, -0.25) is 4.57 Å². The summed E-state index contributed by atoms with van der Waals surface area (Å²) in [6.45, 7) is 0. The summed E-state index contributed by atoms with van der Waals surface area (Å²) in [7, 11) is 0. The van der Waals surface area contributed by atoms with Gasteiger partial charge in [0, 0.05) is 54.5 Å². The summed E-state index contributed by atoms with van der Waals surface area (Å²) in [5.74, 6) is 1.82. The first-order chi connectivity index (χ1) is 29.8. The van der Waals surface area contributed by atoms with Crippen molar-refractivity contribution in [3.8, 4) is 34.4 Å². The van der Waals surface area contributed by atoms with Crippen LogP contribution in [-0.4, -0.2) is 24.1 Å². The van der Waals surface area contributed by atoms with Crippen LogP contribution < -0.4 is 0 Å². The molecule has 0 spiro atoms. The van der Waals surface area contributed by atoms with E-state index < -0.39 is 0 Å². The fourth-order valence-corrected chi connectivity index (χ4v) is 9.79. The lowest BCUT2D eigenvalue weighted by Gasteiger charge is -2.17. The molecule has 0 fully saturated rings. The van der Waals surface area contributed by atoms with Crippen molar-refractivity contribution in [1.29, 1.82) is 0 Å². The van der Waals surface area contributed by atoms with Crippen LogP contribution in [0.5, 0.6) is 0 Å². The van der Waals surface area contributed by atoms with Gasteiger partial charge in [-0.15, -0.1) is 0 Å². The SMILES string of the molecule is c1ccc(-c2nc(-c3ccc4ccccc4c3)nc(-n3c4ccccc4c4c5ccccc5c5c6c7ccccc7n(-c7ccccc7)c6c6ccccc6c5c43)n2)cc1. The molecule has 0 unspecified atom stereocenters. The summed E-state index contributed by atoms with van der Waals surface area (Å²) >= 11 is 0. The number of hydrogen-bond donors (Lipinski definition) is 0. The Balaban J connectivity index is 1.27. The number of fused-ring (bicyclic) bond motifs is 16. The van der Waals surface area contributed by atoms with E-state index in [1.54, 1.807) is 0 Å². The average molecular weight is 764 g/mol. The molecule has 0 atom stereocenters. The Morgan fingerprint density at radius 2 is 0.800 bits per heavy atom. The second-order valence-electron chi connectivity index (χ2n) is 15.5. The van der Waals surface area contributed by atoms with Gasteiger partial charge in [0.1, 0.15) is 0 Å². The molecule has 278 valence electrons. The summed E-state index contributed by atoms with van der Waals surface area (Å²) in [5.41, 5.74) is 7.48. The normalized spacial score (nSPS) is 12.0. The van der Waals surface area contributed by atoms with Crippen LogP contribution in [0.25, 0.3) is 121 Å². The molecule has 0 N–H and O–H groups in total. The second-order valence-corrected chi connectivity index (χ2v) is 15.5. The molecule has 5 heteroatoms. The molecule has 0 aliphatic rings. The molecule has 5 nitrogen and oxygen atoms in total. The first-order valence-electron chi connectivity index (χ1n) is 20.4. The fourth-order valence-electron chi connectivity index (χ4n) is 9.79. The van der Waals surface area contributed by atoms with Crippen LogP contribution in [0.15, 0.2) is 200 Å². The predicted molar refractivity (Wildman–Crippen MR) is 249 cm³/mol. The van der Waals surface area contributed by atoms with Gasteiger partial charge in [-0.25, -0.2) is 4.98 Å². The molecule has 60 heavy (non-hydrogen) atoms. The molecular weight excluding hydrogens is 731 g/mol. The molecule has 10 aromatic carbocycles. The van der Waals surface area contributed by atoms with Gasteiger partial charge in [-0.05, 0) is 57.3 Å². The first-order valence-corrected chi connectivity index (χ1v) is 20.4. The molecular formula is C55H33N5. The number of aromatic nitrogens is 5. The fraction of sp³-hybridized carbons (Fsp3) is 0. The van der Waals surface area contributed by atoms with E-state index in [0.717, 1.165) is 38.6 Å². The monoisotopic (exact) mass is 763 g/mol. The van der Waals surface area contributed by atoms with E-state index in [1.165, 1.54) is 64.9 Å². The Kier molecular flexibility index (Phi) is 6.95. The maximum atomic E-state index is 5.44. The Morgan fingerprint density at radius 3 is 1.52 bits per heavy atom. The van der Waals surface area contributed by atoms with Gasteiger partial charge in [0.2, 0.25) is 5.95 Å². The number of rotatable bonds is 4. The van der Waals surface area contributed by atoms with Crippen molar-refractivity contribution in [2.45, 2.75) is 0 Å². The molecule has 0 saturated heterocycles. The van der Waals surface area contributed by atoms with Crippen LogP contribution in [0.3, 0.4) is 0 Å². The number of para-hydroxylation sites is 3. The van der Waals surface area contributed by atoms with Gasteiger partial charge < -0.3 is 4.57 Å². The van der Waals surface area contributed by atoms with Crippen molar-refractivity contribution in [3.63, 3.8) is 0 Å². The van der Waals surface area contributed by atoms with Crippen LogP contribution in [0.2, 0.25) is 0 Å². The largest absolute Gasteiger partial charge is 0.309 e. The van der Waals surface area contributed by atoms with E-state index in [0.29, 0.717) is 17.6 Å². The Hall–Kier alpha value is -8.15. The molecule has 0 radical (unpaired) electrons. The van der Waals surface area contributed by atoms with Crippen molar-refractivity contribution in [2.75, 3.05) is 0 Å². The standard InChI is InChI=1S/C55H33N5/c1-3-18-35(19-4-1)53-56-54(37-32-31-34-17-7-8-20-36(34)33-37)58-55(57-53)60-46-30-16-13-27-43(46)47-39-23-9-10-24-40(39)48-49(52(47)60)41-25-11-12-26-42(41)51-50(48)44-28-14-15-29-45(44)59(51)38-21-5-2-6-22-38/h1-33H. The van der Waals surface area contributed by atoms with Gasteiger partial charge >= 0.3 is 0 Å². The number of hydrogen-bond acceptors (Lipinski definition) is 3. The van der Waals surface area contributed by atoms with Gasteiger partial charge in [0.25, 0.3) is 0 Å². The zero-order valence-electron chi connectivity index (χ0n) is 32.3. The maximum Gasteiger partial charge on any atom is 0.238 e. The quantitative estimate of drug-likeness (QED) is 0.168. The van der Waals surface area contributed by atoms with Crippen LogP contribution >= 0.6 is 0 Å². The topological polar surface area (TPSA) is 48.5 Å². The second kappa shape index (κ2) is 12.7. The summed E-state index contributed by atoms with van der Waals surface area (Å²) in [6.07, 6.45) is 0. The van der Waals surface area contributed by atoms with Crippen molar-refractivity contribution in [3.05, 3.63) is 200 Å². The third kappa shape index (κ3) is 4.66. The summed E-state index contributed by atoms with van der Waals surface area (Å²) in [4.78, 5) is 16.0. The van der Waals surface area contributed by atoms with Gasteiger partial charge in [0.05, 0.1) is 22.1 Å². The Bertz CT molecular complexity index is 3880. The lowest BCUT2D eigenvalue weighted by molar-refractivity contribution is 0.955. The summed E-state index contributed by atoms with van der Waals surface area (Å²) < 4.78 is 4.77. The van der Waals surface area contributed by atoms with Crippen molar-refractivity contribution < 1.29 is 0 Å². The predicted octanol–water partition coefficient (Wildman–Crippen LogP) is 14.0. The molecule has 0 bridgehead atoms. The smallest absolute Gasteiger partial charge is 0.238 e.